The number of nitrogens with zero attached hydrogens (tertiary/aromatic N) is 2. The van der Waals surface area contributed by atoms with E-state index in [4.69, 9.17) is 14.7 Å². The number of rotatable bonds is 3. The molecule has 2 fully saturated rings. The molecule has 1 aromatic carbocycles. The molecule has 0 unspecified atom stereocenters. The van der Waals surface area contributed by atoms with Gasteiger partial charge in [-0.2, -0.15) is 5.26 Å². The van der Waals surface area contributed by atoms with Crippen LogP contribution in [-0.2, 0) is 4.74 Å². The van der Waals surface area contributed by atoms with E-state index in [0.29, 0.717) is 11.6 Å². The summed E-state index contributed by atoms with van der Waals surface area (Å²) in [4.78, 5) is 2.49. The minimum atomic E-state index is 0.274. The van der Waals surface area contributed by atoms with Crippen LogP contribution in [0.1, 0.15) is 18.4 Å². The molecule has 0 spiro atoms. The van der Waals surface area contributed by atoms with Crippen molar-refractivity contribution in [3.63, 3.8) is 0 Å². The number of ether oxygens (including phenoxy) is 2. The van der Waals surface area contributed by atoms with Crippen LogP contribution in [0.2, 0.25) is 0 Å². The summed E-state index contributed by atoms with van der Waals surface area (Å²) in [5, 5.41) is 9.01. The molecule has 1 aliphatic heterocycles. The van der Waals surface area contributed by atoms with Crippen LogP contribution in [0, 0.1) is 11.3 Å². The third-order valence-electron chi connectivity index (χ3n) is 3.99. The Morgan fingerprint density at radius 1 is 1.30 bits per heavy atom. The van der Waals surface area contributed by atoms with Crippen molar-refractivity contribution in [3.05, 3.63) is 28.2 Å². The predicted molar refractivity (Wildman–Crippen MR) is 78.7 cm³/mol. The average Bonchev–Trinajstić information content (AvgIpc) is 2.45. The molecular weight excluding hydrogens is 320 g/mol. The first-order valence-electron chi connectivity index (χ1n) is 6.94. The van der Waals surface area contributed by atoms with Gasteiger partial charge >= 0.3 is 0 Å². The van der Waals surface area contributed by atoms with Gasteiger partial charge in [-0.3, -0.25) is 4.90 Å². The molecule has 2 aliphatic rings. The van der Waals surface area contributed by atoms with Crippen LogP contribution in [0.5, 0.6) is 5.75 Å². The third kappa shape index (κ3) is 2.98. The predicted octanol–water partition coefficient (Wildman–Crippen LogP) is 2.56. The fourth-order valence-electron chi connectivity index (χ4n) is 2.73. The van der Waals surface area contributed by atoms with Gasteiger partial charge in [-0.15, -0.1) is 0 Å². The summed E-state index contributed by atoms with van der Waals surface area (Å²) in [6.07, 6.45) is 2.41. The van der Waals surface area contributed by atoms with Gasteiger partial charge in [0.2, 0.25) is 0 Å². The van der Waals surface area contributed by atoms with Crippen LogP contribution in [0.15, 0.2) is 22.7 Å². The molecule has 4 nitrogen and oxygen atoms in total. The van der Waals surface area contributed by atoms with E-state index in [1.807, 2.05) is 12.1 Å². The van der Waals surface area contributed by atoms with E-state index in [1.54, 1.807) is 6.07 Å². The van der Waals surface area contributed by atoms with Gasteiger partial charge in [0, 0.05) is 36.4 Å². The molecule has 3 rings (SSSR count). The quantitative estimate of drug-likeness (QED) is 0.850. The van der Waals surface area contributed by atoms with Gasteiger partial charge in [0.1, 0.15) is 17.9 Å². The Labute approximate surface area is 127 Å². The van der Waals surface area contributed by atoms with Crippen molar-refractivity contribution in [2.45, 2.75) is 25.0 Å². The van der Waals surface area contributed by atoms with E-state index in [9.17, 15) is 0 Å². The zero-order valence-electron chi connectivity index (χ0n) is 11.2. The van der Waals surface area contributed by atoms with Crippen LogP contribution in [-0.4, -0.2) is 43.3 Å². The molecule has 0 radical (unpaired) electrons. The molecule has 1 aromatic rings. The second-order valence-electron chi connectivity index (χ2n) is 5.27. The minimum Gasteiger partial charge on any atom is -0.490 e. The van der Waals surface area contributed by atoms with Gasteiger partial charge in [0.25, 0.3) is 0 Å². The highest BCUT2D eigenvalue weighted by atomic mass is 79.9. The van der Waals surface area contributed by atoms with Gasteiger partial charge in [-0.05, 0) is 34.1 Å². The molecule has 106 valence electrons. The lowest BCUT2D eigenvalue weighted by atomic mass is 9.87. The highest BCUT2D eigenvalue weighted by molar-refractivity contribution is 9.10. The van der Waals surface area contributed by atoms with Gasteiger partial charge < -0.3 is 9.47 Å². The first-order chi connectivity index (χ1) is 9.76. The first-order valence-corrected chi connectivity index (χ1v) is 7.73. The molecule has 0 N–H and O–H groups in total. The number of hydrogen-bond acceptors (Lipinski definition) is 4. The number of morpholine rings is 1. The summed E-state index contributed by atoms with van der Waals surface area (Å²) in [5.41, 5.74) is 0.617. The Morgan fingerprint density at radius 2 is 2.05 bits per heavy atom. The summed E-state index contributed by atoms with van der Waals surface area (Å²) >= 11 is 3.35. The van der Waals surface area contributed by atoms with Crippen LogP contribution < -0.4 is 4.74 Å². The SMILES string of the molecule is N#Cc1cc(OC2CC(N3CCOCC3)C2)ccc1Br. The van der Waals surface area contributed by atoms with Crippen LogP contribution >= 0.6 is 15.9 Å². The maximum Gasteiger partial charge on any atom is 0.121 e. The summed E-state index contributed by atoms with van der Waals surface area (Å²) in [6, 6.07) is 8.37. The average molecular weight is 337 g/mol. The molecule has 1 saturated carbocycles. The fourth-order valence-corrected chi connectivity index (χ4v) is 3.07. The Balaban J connectivity index is 1.52. The molecule has 0 bridgehead atoms. The minimum absolute atomic E-state index is 0.274. The molecule has 1 saturated heterocycles. The molecule has 1 heterocycles. The van der Waals surface area contributed by atoms with E-state index in [0.717, 1.165) is 49.4 Å². The number of halogens is 1. The maximum absolute atomic E-state index is 9.01. The van der Waals surface area contributed by atoms with E-state index >= 15 is 0 Å². The lowest BCUT2D eigenvalue weighted by Crippen LogP contribution is -2.52. The zero-order chi connectivity index (χ0) is 13.9. The van der Waals surface area contributed by atoms with Crippen molar-refractivity contribution < 1.29 is 9.47 Å². The molecule has 0 atom stereocenters. The largest absolute Gasteiger partial charge is 0.490 e. The van der Waals surface area contributed by atoms with Crippen molar-refractivity contribution >= 4 is 15.9 Å². The molecular formula is C15H17BrN2O2. The molecule has 1 aliphatic carbocycles. The van der Waals surface area contributed by atoms with Crippen molar-refractivity contribution in [2.75, 3.05) is 26.3 Å². The fraction of sp³-hybridized carbons (Fsp3) is 0.533. The van der Waals surface area contributed by atoms with Crippen LogP contribution in [0.4, 0.5) is 0 Å². The van der Waals surface area contributed by atoms with Crippen molar-refractivity contribution in [1.29, 1.82) is 5.26 Å². The van der Waals surface area contributed by atoms with Gasteiger partial charge in [0.05, 0.1) is 18.8 Å². The Hall–Kier alpha value is -1.09. The van der Waals surface area contributed by atoms with Gasteiger partial charge in [-0.1, -0.05) is 0 Å². The second-order valence-corrected chi connectivity index (χ2v) is 6.12. The standard InChI is InChI=1S/C15H17BrN2O2/c16-15-2-1-13(7-11(15)10-17)20-14-8-12(9-14)18-3-5-19-6-4-18/h1-2,7,12,14H,3-6,8-9H2. The van der Waals surface area contributed by atoms with Gasteiger partial charge in [0.15, 0.2) is 0 Å². The zero-order valence-corrected chi connectivity index (χ0v) is 12.8. The van der Waals surface area contributed by atoms with Crippen LogP contribution in [0.3, 0.4) is 0 Å². The van der Waals surface area contributed by atoms with Crippen LogP contribution in [0.25, 0.3) is 0 Å². The first kappa shape index (κ1) is 13.9. The van der Waals surface area contributed by atoms with Crippen molar-refractivity contribution in [3.8, 4) is 11.8 Å². The monoisotopic (exact) mass is 336 g/mol. The summed E-state index contributed by atoms with van der Waals surface area (Å²) in [7, 11) is 0. The topological polar surface area (TPSA) is 45.5 Å². The summed E-state index contributed by atoms with van der Waals surface area (Å²) in [6.45, 7) is 3.77. The third-order valence-corrected chi connectivity index (χ3v) is 4.68. The molecule has 5 heteroatoms. The maximum atomic E-state index is 9.01. The van der Waals surface area contributed by atoms with E-state index in [1.165, 1.54) is 0 Å². The Morgan fingerprint density at radius 3 is 2.75 bits per heavy atom. The normalized spacial score (nSPS) is 26.6. The molecule has 20 heavy (non-hydrogen) atoms. The van der Waals surface area contributed by atoms with Crippen molar-refractivity contribution in [2.24, 2.45) is 0 Å². The Kier molecular flexibility index (Phi) is 4.25. The van der Waals surface area contributed by atoms with Crippen molar-refractivity contribution in [1.82, 2.24) is 4.90 Å². The highest BCUT2D eigenvalue weighted by Gasteiger charge is 2.35. The number of hydrogen-bond donors (Lipinski definition) is 0. The number of nitriles is 1. The molecule has 0 amide bonds. The van der Waals surface area contributed by atoms with Gasteiger partial charge in [-0.25, -0.2) is 0 Å². The number of benzene rings is 1. The van der Waals surface area contributed by atoms with E-state index in [-0.39, 0.29) is 6.10 Å². The van der Waals surface area contributed by atoms with E-state index < -0.39 is 0 Å². The lowest BCUT2D eigenvalue weighted by Gasteiger charge is -2.44. The molecule has 0 aromatic heterocycles. The lowest BCUT2D eigenvalue weighted by molar-refractivity contribution is -0.0373. The van der Waals surface area contributed by atoms with E-state index in [2.05, 4.69) is 26.9 Å². The second kappa shape index (κ2) is 6.13. The Bertz CT molecular complexity index is 517. The summed E-state index contributed by atoms with van der Waals surface area (Å²) in [5.74, 6) is 0.787. The highest BCUT2D eigenvalue weighted by Crippen LogP contribution is 2.31. The summed E-state index contributed by atoms with van der Waals surface area (Å²) < 4.78 is 12.1. The smallest absolute Gasteiger partial charge is 0.121 e.